The van der Waals surface area contributed by atoms with Crippen LogP contribution in [0.15, 0.2) is 5.11 Å². The Balaban J connectivity index is 1.87. The summed E-state index contributed by atoms with van der Waals surface area (Å²) in [7, 11) is 0. The molecule has 10 atom stereocenters. The number of nitrogens with one attached hydrogen (secondary N) is 1. The summed E-state index contributed by atoms with van der Waals surface area (Å²) in [4.78, 5) is 14.1. The van der Waals surface area contributed by atoms with Gasteiger partial charge in [0.25, 0.3) is 3.79 Å². The van der Waals surface area contributed by atoms with E-state index in [1.165, 1.54) is 0 Å². The monoisotopic (exact) mass is 536 g/mol. The Morgan fingerprint density at radius 1 is 1.09 bits per heavy atom. The van der Waals surface area contributed by atoms with Crippen LogP contribution < -0.4 is 0 Å². The molecule has 3 fully saturated rings. The molecule has 3 aliphatic heterocycles. The fourth-order valence-electron chi connectivity index (χ4n) is 3.51. The third kappa shape index (κ3) is 5.49. The molecule has 0 bridgehead atoms. The van der Waals surface area contributed by atoms with E-state index in [1.807, 2.05) is 0 Å². The van der Waals surface area contributed by atoms with Crippen LogP contribution in [0.3, 0.4) is 0 Å². The first-order chi connectivity index (χ1) is 15.5. The number of rotatable bonds is 6. The first kappa shape index (κ1) is 26.2. The van der Waals surface area contributed by atoms with Crippen LogP contribution in [0.2, 0.25) is 0 Å². The number of halogens is 3. The van der Waals surface area contributed by atoms with E-state index in [1.54, 1.807) is 0 Å². The summed E-state index contributed by atoms with van der Waals surface area (Å²) < 4.78 is 29.0. The number of carbonyl (C=O) groups excluding carboxylic acids is 1. The van der Waals surface area contributed by atoms with E-state index in [2.05, 4.69) is 10.0 Å². The average Bonchev–Trinajstić information content (AvgIpc) is 3.15. The molecule has 3 rings (SSSR count). The van der Waals surface area contributed by atoms with Gasteiger partial charge in [-0.25, -0.2) is 4.79 Å². The van der Waals surface area contributed by atoms with Gasteiger partial charge < -0.3 is 48.8 Å². The quantitative estimate of drug-likeness (QED) is 0.0550. The molecule has 3 heterocycles. The molecular formula is C15H19Cl3N4O11. The first-order valence-electron chi connectivity index (χ1n) is 9.29. The molecule has 18 heteroatoms. The van der Waals surface area contributed by atoms with Gasteiger partial charge in [-0.15, -0.1) is 0 Å². The van der Waals surface area contributed by atoms with Crippen molar-refractivity contribution in [3.8, 4) is 0 Å². The zero-order chi connectivity index (χ0) is 24.5. The highest BCUT2D eigenvalue weighted by molar-refractivity contribution is 6.76. The second-order valence-corrected chi connectivity index (χ2v) is 9.37. The van der Waals surface area contributed by atoms with Crippen molar-refractivity contribution in [3.63, 3.8) is 0 Å². The number of carbonyl (C=O) groups is 1. The van der Waals surface area contributed by atoms with Gasteiger partial charge in [0.1, 0.15) is 36.6 Å². The molecule has 0 radical (unpaired) electrons. The van der Waals surface area contributed by atoms with E-state index in [0.29, 0.717) is 0 Å². The number of hydrogen-bond acceptors (Lipinski definition) is 13. The van der Waals surface area contributed by atoms with Crippen molar-refractivity contribution < 1.29 is 53.6 Å². The highest BCUT2D eigenvalue weighted by Gasteiger charge is 2.56. The third-order valence-corrected chi connectivity index (χ3v) is 5.56. The van der Waals surface area contributed by atoms with Crippen molar-refractivity contribution in [2.75, 3.05) is 13.2 Å². The number of nitrogens with zero attached hydrogens (tertiary/aromatic N) is 3. The normalized spacial score (nSPS) is 40.8. The molecule has 33 heavy (non-hydrogen) atoms. The SMILES string of the molecule is [N-]=[N+]=NC1[C@H](OC(=N)C(Cl)(Cl)Cl)OC(CO)C(O)[C@@H]1O[C@@H]1OC(CO)C2OC(=O)O[C@@H]2C1O. The number of aliphatic hydroxyl groups is 4. The molecule has 15 nitrogen and oxygen atoms in total. The molecule has 5 N–H and O–H groups in total. The average molecular weight is 538 g/mol. The Labute approximate surface area is 200 Å². The molecule has 0 aromatic rings. The number of ether oxygens (including phenoxy) is 6. The smallest absolute Gasteiger partial charge is 0.448 e. The molecule has 0 aromatic carbocycles. The first-order valence-corrected chi connectivity index (χ1v) is 10.4. The zero-order valence-electron chi connectivity index (χ0n) is 16.3. The molecule has 6 unspecified atom stereocenters. The minimum absolute atomic E-state index is 0.647. The van der Waals surface area contributed by atoms with Crippen molar-refractivity contribution in [1.82, 2.24) is 0 Å². The van der Waals surface area contributed by atoms with Gasteiger partial charge in [-0.05, 0) is 5.53 Å². The highest BCUT2D eigenvalue weighted by atomic mass is 35.6. The van der Waals surface area contributed by atoms with Gasteiger partial charge in [0, 0.05) is 4.91 Å². The number of aliphatic hydroxyl groups excluding tert-OH is 4. The lowest BCUT2D eigenvalue weighted by Gasteiger charge is -2.45. The molecule has 0 aliphatic carbocycles. The Morgan fingerprint density at radius 2 is 1.70 bits per heavy atom. The van der Waals surface area contributed by atoms with E-state index in [0.717, 1.165) is 0 Å². The Morgan fingerprint density at radius 3 is 2.27 bits per heavy atom. The number of fused-ring (bicyclic) bond motifs is 1. The van der Waals surface area contributed by atoms with Crippen LogP contribution in [-0.2, 0) is 28.4 Å². The van der Waals surface area contributed by atoms with E-state index in [4.69, 9.17) is 74.2 Å². The molecular weight excluding hydrogens is 519 g/mol. The highest BCUT2D eigenvalue weighted by Crippen LogP contribution is 2.36. The fourth-order valence-corrected chi connectivity index (χ4v) is 3.64. The predicted octanol–water partition coefficient (Wildman–Crippen LogP) is -0.525. The lowest BCUT2D eigenvalue weighted by molar-refractivity contribution is -0.329. The second-order valence-electron chi connectivity index (χ2n) is 7.09. The maximum Gasteiger partial charge on any atom is 0.509 e. The largest absolute Gasteiger partial charge is 0.509 e. The van der Waals surface area contributed by atoms with Crippen molar-refractivity contribution in [1.29, 1.82) is 5.41 Å². The summed E-state index contributed by atoms with van der Waals surface area (Å²) in [6.45, 7) is -1.42. The summed E-state index contributed by atoms with van der Waals surface area (Å²) >= 11 is 16.8. The van der Waals surface area contributed by atoms with E-state index >= 15 is 0 Å². The lowest BCUT2D eigenvalue weighted by Crippen LogP contribution is -2.64. The van der Waals surface area contributed by atoms with Gasteiger partial charge in [-0.1, -0.05) is 39.9 Å². The summed E-state index contributed by atoms with van der Waals surface area (Å²) in [5.41, 5.74) is 8.99. The summed E-state index contributed by atoms with van der Waals surface area (Å²) in [6, 6.07) is -1.55. The molecule has 3 saturated heterocycles. The second kappa shape index (κ2) is 10.5. The van der Waals surface area contributed by atoms with Crippen LogP contribution in [-0.4, -0.2) is 111 Å². The minimum atomic E-state index is -2.32. The topological polar surface area (TPSA) is 226 Å². The van der Waals surface area contributed by atoms with E-state index in [-0.39, 0.29) is 0 Å². The summed E-state index contributed by atoms with van der Waals surface area (Å²) in [6.07, 6.45) is -14.3. The molecule has 0 spiro atoms. The Bertz CT molecular complexity index is 798. The lowest BCUT2D eigenvalue weighted by atomic mass is 9.96. The molecule has 0 amide bonds. The summed E-state index contributed by atoms with van der Waals surface area (Å²) in [5, 5.41) is 51.5. The number of alkyl halides is 3. The van der Waals surface area contributed by atoms with Crippen molar-refractivity contribution in [3.05, 3.63) is 10.4 Å². The van der Waals surface area contributed by atoms with Crippen molar-refractivity contribution >= 4 is 46.9 Å². The van der Waals surface area contributed by atoms with Gasteiger partial charge >= 0.3 is 6.16 Å². The maximum absolute atomic E-state index is 11.5. The van der Waals surface area contributed by atoms with Gasteiger partial charge in [-0.3, -0.25) is 5.41 Å². The molecule has 0 saturated carbocycles. The molecule has 3 aliphatic rings. The molecule has 186 valence electrons. The van der Waals surface area contributed by atoms with Crippen LogP contribution in [0.4, 0.5) is 4.79 Å². The van der Waals surface area contributed by atoms with Crippen molar-refractivity contribution in [2.45, 2.75) is 65.1 Å². The van der Waals surface area contributed by atoms with Gasteiger partial charge in [0.2, 0.25) is 12.2 Å². The van der Waals surface area contributed by atoms with Gasteiger partial charge in [0.05, 0.1) is 13.2 Å². The van der Waals surface area contributed by atoms with E-state index < -0.39 is 90.4 Å². The minimum Gasteiger partial charge on any atom is -0.448 e. The fraction of sp³-hybridized carbons (Fsp3) is 0.867. The number of hydrogen-bond donors (Lipinski definition) is 5. The maximum atomic E-state index is 11.5. The van der Waals surface area contributed by atoms with Gasteiger partial charge in [-0.2, -0.15) is 0 Å². The number of azide groups is 1. The van der Waals surface area contributed by atoms with E-state index in [9.17, 15) is 25.2 Å². The van der Waals surface area contributed by atoms with Gasteiger partial charge in [0.15, 0.2) is 18.5 Å². The Kier molecular flexibility index (Phi) is 8.35. The van der Waals surface area contributed by atoms with Crippen LogP contribution >= 0.6 is 34.8 Å². The van der Waals surface area contributed by atoms with Crippen LogP contribution in [0, 0.1) is 5.41 Å². The van der Waals surface area contributed by atoms with Crippen molar-refractivity contribution in [2.24, 2.45) is 5.11 Å². The van der Waals surface area contributed by atoms with Crippen LogP contribution in [0.1, 0.15) is 0 Å². The predicted molar refractivity (Wildman–Crippen MR) is 106 cm³/mol. The zero-order valence-corrected chi connectivity index (χ0v) is 18.6. The summed E-state index contributed by atoms with van der Waals surface area (Å²) in [5.74, 6) is -0.922. The van der Waals surface area contributed by atoms with Crippen LogP contribution in [0.5, 0.6) is 0 Å². The van der Waals surface area contributed by atoms with Crippen LogP contribution in [0.25, 0.3) is 10.4 Å². The third-order valence-electron chi connectivity index (χ3n) is 5.05. The Hall–Kier alpha value is -1.36. The standard InChI is InChI=1S/C15H19Cl3N4O11/c16-15(17,18)13(19)33-11-5(21-22-20)9(6(25)3(1-23)28-11)30-12-7(26)10-8(4(2-24)29-12)31-14(27)32-10/h3-12,19,23-26H,1-2H2/t3?,4?,5?,6?,7?,8?,9-,10-,11+,12+/m1/s1. The molecule has 0 aromatic heterocycles.